The maximum absolute atomic E-state index is 13.3. The van der Waals surface area contributed by atoms with Gasteiger partial charge in [-0.05, 0) is 25.5 Å². The lowest BCUT2D eigenvalue weighted by atomic mass is 10.2. The van der Waals surface area contributed by atoms with Crippen LogP contribution in [0.2, 0.25) is 0 Å². The maximum atomic E-state index is 13.3. The minimum absolute atomic E-state index is 0.0880. The quantitative estimate of drug-likeness (QED) is 0.884. The minimum atomic E-state index is -0.256. The predicted octanol–water partition coefficient (Wildman–Crippen LogP) is 3.72. The van der Waals surface area contributed by atoms with Crippen molar-refractivity contribution in [1.82, 2.24) is 10.3 Å². The molecule has 0 unspecified atom stereocenters. The number of carbonyl (C=O) groups excluding carboxylic acids is 1. The van der Waals surface area contributed by atoms with Gasteiger partial charge in [0.1, 0.15) is 10.8 Å². The lowest BCUT2D eigenvalue weighted by Gasteiger charge is -2.02. The molecule has 0 radical (unpaired) electrons. The van der Waals surface area contributed by atoms with E-state index in [-0.39, 0.29) is 11.7 Å². The average molecular weight is 306 g/mol. The molecule has 2 aromatic rings. The lowest BCUT2D eigenvalue weighted by Crippen LogP contribution is -2.25. The molecule has 0 spiro atoms. The van der Waals surface area contributed by atoms with E-state index in [0.717, 1.165) is 34.0 Å². The van der Waals surface area contributed by atoms with Crippen molar-refractivity contribution in [3.05, 3.63) is 40.7 Å². The summed E-state index contributed by atoms with van der Waals surface area (Å²) in [6.07, 6.45) is 2.18. The van der Waals surface area contributed by atoms with Crippen molar-refractivity contribution >= 4 is 17.2 Å². The first-order valence-corrected chi connectivity index (χ1v) is 7.90. The SMILES string of the molecule is CCCC(=O)NCCc1sc(-c2cccc(F)c2)nc1C. The Morgan fingerprint density at radius 2 is 2.24 bits per heavy atom. The number of nitrogens with one attached hydrogen (secondary N) is 1. The second-order valence-electron chi connectivity index (χ2n) is 4.89. The number of thiazole rings is 1. The summed E-state index contributed by atoms with van der Waals surface area (Å²) < 4.78 is 13.3. The van der Waals surface area contributed by atoms with E-state index in [4.69, 9.17) is 0 Å². The van der Waals surface area contributed by atoms with Crippen LogP contribution in [0, 0.1) is 12.7 Å². The van der Waals surface area contributed by atoms with Crippen molar-refractivity contribution in [3.63, 3.8) is 0 Å². The number of amides is 1. The first kappa shape index (κ1) is 15.6. The lowest BCUT2D eigenvalue weighted by molar-refractivity contribution is -0.121. The molecule has 0 bridgehead atoms. The Morgan fingerprint density at radius 3 is 2.95 bits per heavy atom. The summed E-state index contributed by atoms with van der Waals surface area (Å²) in [4.78, 5) is 17.0. The van der Waals surface area contributed by atoms with Crippen LogP contribution in [0.25, 0.3) is 10.6 Å². The van der Waals surface area contributed by atoms with Crippen molar-refractivity contribution < 1.29 is 9.18 Å². The highest BCUT2D eigenvalue weighted by atomic mass is 32.1. The molecule has 1 aromatic heterocycles. The number of hydrogen-bond acceptors (Lipinski definition) is 3. The molecule has 2 rings (SSSR count). The van der Waals surface area contributed by atoms with Crippen LogP contribution in [0.4, 0.5) is 4.39 Å². The summed E-state index contributed by atoms with van der Waals surface area (Å²) in [5, 5.41) is 3.72. The number of benzene rings is 1. The van der Waals surface area contributed by atoms with Gasteiger partial charge in [0.2, 0.25) is 5.91 Å². The van der Waals surface area contributed by atoms with Gasteiger partial charge in [0.25, 0.3) is 0 Å². The van der Waals surface area contributed by atoms with Gasteiger partial charge in [0, 0.05) is 29.8 Å². The van der Waals surface area contributed by atoms with E-state index in [0.29, 0.717) is 13.0 Å². The molecule has 0 aliphatic rings. The number of hydrogen-bond donors (Lipinski definition) is 1. The van der Waals surface area contributed by atoms with Crippen molar-refractivity contribution in [2.24, 2.45) is 0 Å². The van der Waals surface area contributed by atoms with E-state index in [9.17, 15) is 9.18 Å². The standard InChI is InChI=1S/C16H19FN2OS/c1-3-5-15(20)18-9-8-14-11(2)19-16(21-14)12-6-4-7-13(17)10-12/h4,6-7,10H,3,5,8-9H2,1-2H3,(H,18,20). The highest BCUT2D eigenvalue weighted by Crippen LogP contribution is 2.28. The largest absolute Gasteiger partial charge is 0.356 e. The van der Waals surface area contributed by atoms with Crippen LogP contribution < -0.4 is 5.32 Å². The molecule has 112 valence electrons. The number of halogens is 1. The zero-order valence-electron chi connectivity index (χ0n) is 12.3. The molecule has 21 heavy (non-hydrogen) atoms. The van der Waals surface area contributed by atoms with E-state index in [1.54, 1.807) is 17.4 Å². The summed E-state index contributed by atoms with van der Waals surface area (Å²) in [6.45, 7) is 4.55. The first-order chi connectivity index (χ1) is 10.1. The van der Waals surface area contributed by atoms with Crippen LogP contribution in [0.3, 0.4) is 0 Å². The van der Waals surface area contributed by atoms with E-state index in [1.807, 2.05) is 19.9 Å². The van der Waals surface area contributed by atoms with Crippen LogP contribution in [0.15, 0.2) is 24.3 Å². The summed E-state index contributed by atoms with van der Waals surface area (Å²) >= 11 is 1.56. The molecule has 1 N–H and O–H groups in total. The first-order valence-electron chi connectivity index (χ1n) is 7.09. The van der Waals surface area contributed by atoms with Gasteiger partial charge in [-0.3, -0.25) is 4.79 Å². The molecule has 1 heterocycles. The van der Waals surface area contributed by atoms with Gasteiger partial charge in [-0.15, -0.1) is 11.3 Å². The highest BCUT2D eigenvalue weighted by molar-refractivity contribution is 7.15. The van der Waals surface area contributed by atoms with E-state index < -0.39 is 0 Å². The fraction of sp³-hybridized carbons (Fsp3) is 0.375. The molecule has 0 atom stereocenters. The molecular formula is C16H19FN2OS. The Morgan fingerprint density at radius 1 is 1.43 bits per heavy atom. The van der Waals surface area contributed by atoms with Gasteiger partial charge in [0.15, 0.2) is 0 Å². The Balaban J connectivity index is 2.01. The van der Waals surface area contributed by atoms with Crippen LogP contribution in [-0.2, 0) is 11.2 Å². The monoisotopic (exact) mass is 306 g/mol. The zero-order chi connectivity index (χ0) is 15.2. The molecule has 0 saturated carbocycles. The molecule has 0 saturated heterocycles. The zero-order valence-corrected chi connectivity index (χ0v) is 13.1. The van der Waals surface area contributed by atoms with Gasteiger partial charge >= 0.3 is 0 Å². The third-order valence-electron chi connectivity index (χ3n) is 3.12. The molecular weight excluding hydrogens is 287 g/mol. The summed E-state index contributed by atoms with van der Waals surface area (Å²) in [6, 6.07) is 6.46. The molecule has 0 fully saturated rings. The van der Waals surface area contributed by atoms with Gasteiger partial charge in [-0.25, -0.2) is 9.37 Å². The fourth-order valence-corrected chi connectivity index (χ4v) is 3.09. The normalized spacial score (nSPS) is 10.6. The molecule has 5 heteroatoms. The Hall–Kier alpha value is -1.75. The molecule has 0 aliphatic heterocycles. The van der Waals surface area contributed by atoms with Crippen molar-refractivity contribution in [3.8, 4) is 10.6 Å². The smallest absolute Gasteiger partial charge is 0.219 e. The number of nitrogens with zero attached hydrogens (tertiary/aromatic N) is 1. The maximum Gasteiger partial charge on any atom is 0.219 e. The number of aromatic nitrogens is 1. The van der Waals surface area contributed by atoms with Crippen LogP contribution in [0.5, 0.6) is 0 Å². The van der Waals surface area contributed by atoms with Crippen LogP contribution >= 0.6 is 11.3 Å². The fourth-order valence-electron chi connectivity index (χ4n) is 2.04. The van der Waals surface area contributed by atoms with Gasteiger partial charge in [0.05, 0.1) is 5.69 Å². The van der Waals surface area contributed by atoms with Gasteiger partial charge in [-0.2, -0.15) is 0 Å². The minimum Gasteiger partial charge on any atom is -0.356 e. The molecule has 0 aliphatic carbocycles. The predicted molar refractivity (Wildman–Crippen MR) is 83.9 cm³/mol. The third-order valence-corrected chi connectivity index (χ3v) is 4.38. The summed E-state index contributed by atoms with van der Waals surface area (Å²) in [5.41, 5.74) is 1.74. The van der Waals surface area contributed by atoms with Gasteiger partial charge in [-0.1, -0.05) is 19.1 Å². The van der Waals surface area contributed by atoms with E-state index >= 15 is 0 Å². The van der Waals surface area contributed by atoms with Crippen molar-refractivity contribution in [2.45, 2.75) is 33.1 Å². The van der Waals surface area contributed by atoms with Crippen LogP contribution in [0.1, 0.15) is 30.3 Å². The number of aryl methyl sites for hydroxylation is 1. The Bertz CT molecular complexity index is 624. The Labute approximate surface area is 128 Å². The molecule has 3 nitrogen and oxygen atoms in total. The van der Waals surface area contributed by atoms with Crippen LogP contribution in [-0.4, -0.2) is 17.4 Å². The second kappa shape index (κ2) is 7.31. The Kier molecular flexibility index (Phi) is 5.44. The topological polar surface area (TPSA) is 42.0 Å². The third kappa shape index (κ3) is 4.36. The number of carbonyl (C=O) groups is 1. The van der Waals surface area contributed by atoms with Crippen molar-refractivity contribution in [1.29, 1.82) is 0 Å². The van der Waals surface area contributed by atoms with E-state index in [2.05, 4.69) is 10.3 Å². The highest BCUT2D eigenvalue weighted by Gasteiger charge is 2.10. The van der Waals surface area contributed by atoms with Gasteiger partial charge < -0.3 is 5.32 Å². The average Bonchev–Trinajstić information content (AvgIpc) is 2.81. The summed E-state index contributed by atoms with van der Waals surface area (Å²) in [7, 11) is 0. The number of rotatable bonds is 6. The van der Waals surface area contributed by atoms with E-state index in [1.165, 1.54) is 12.1 Å². The summed E-state index contributed by atoms with van der Waals surface area (Å²) in [5.74, 6) is -0.168. The molecule has 1 amide bonds. The second-order valence-corrected chi connectivity index (χ2v) is 5.97. The molecule has 1 aromatic carbocycles. The van der Waals surface area contributed by atoms with Crippen molar-refractivity contribution in [2.75, 3.05) is 6.54 Å².